The van der Waals surface area contributed by atoms with Crippen molar-refractivity contribution in [2.24, 2.45) is 0 Å². The van der Waals surface area contributed by atoms with Crippen molar-refractivity contribution in [3.05, 3.63) is 47.8 Å². The fraction of sp³-hybridized carbons (Fsp3) is 0.300. The Hall–Kier alpha value is -2.97. The fourth-order valence-corrected chi connectivity index (χ4v) is 3.57. The number of rotatable bonds is 3. The van der Waals surface area contributed by atoms with Crippen LogP contribution in [0.1, 0.15) is 18.1 Å². The molecule has 3 heterocycles. The third kappa shape index (κ3) is 3.83. The van der Waals surface area contributed by atoms with Crippen molar-refractivity contribution < 1.29 is 4.79 Å². The zero-order valence-electron chi connectivity index (χ0n) is 15.7. The van der Waals surface area contributed by atoms with E-state index >= 15 is 0 Å². The van der Waals surface area contributed by atoms with Gasteiger partial charge in [-0.2, -0.15) is 4.52 Å². The van der Waals surface area contributed by atoms with Gasteiger partial charge < -0.3 is 9.80 Å². The first-order valence-electron chi connectivity index (χ1n) is 9.15. The molecule has 1 saturated heterocycles. The number of fused-ring (bicyclic) bond motifs is 1. The Morgan fingerprint density at radius 2 is 2.00 bits per heavy atom. The highest BCUT2D eigenvalue weighted by Crippen LogP contribution is 2.15. The average molecular weight is 392 g/mol. The first kappa shape index (κ1) is 18.4. The summed E-state index contributed by atoms with van der Waals surface area (Å²) in [4.78, 5) is 16.8. The van der Waals surface area contributed by atoms with Gasteiger partial charge in [0, 0.05) is 31.7 Å². The molecule has 2 aromatic heterocycles. The summed E-state index contributed by atoms with van der Waals surface area (Å²) in [5.74, 6) is 7.02. The molecule has 142 valence electrons. The molecule has 1 fully saturated rings. The molecule has 0 N–H and O–H groups in total. The van der Waals surface area contributed by atoms with Gasteiger partial charge in [0.15, 0.2) is 5.65 Å². The number of piperazine rings is 1. The van der Waals surface area contributed by atoms with Crippen LogP contribution in [-0.2, 0) is 11.2 Å². The van der Waals surface area contributed by atoms with Crippen LogP contribution in [0.3, 0.4) is 0 Å². The van der Waals surface area contributed by atoms with Gasteiger partial charge in [0.2, 0.25) is 5.91 Å². The molecule has 1 aliphatic rings. The average Bonchev–Trinajstić information content (AvgIpc) is 3.18. The fourth-order valence-electron chi connectivity index (χ4n) is 3.31. The molecule has 3 aromatic rings. The second-order valence-electron chi connectivity index (χ2n) is 6.67. The summed E-state index contributed by atoms with van der Waals surface area (Å²) in [6.45, 7) is 4.69. The quantitative estimate of drug-likeness (QED) is 0.489. The van der Waals surface area contributed by atoms with Gasteiger partial charge in [0.1, 0.15) is 12.1 Å². The van der Waals surface area contributed by atoms with Gasteiger partial charge in [-0.1, -0.05) is 18.1 Å². The summed E-state index contributed by atoms with van der Waals surface area (Å²) in [6, 6.07) is 9.85. The molecule has 7 nitrogen and oxygen atoms in total. The number of carbonyl (C=O) groups is 1. The highest BCUT2D eigenvalue weighted by molar-refractivity contribution is 7.27. The van der Waals surface area contributed by atoms with E-state index in [0.717, 1.165) is 41.0 Å². The Balaban J connectivity index is 1.38. The van der Waals surface area contributed by atoms with Crippen LogP contribution < -0.4 is 10.2 Å². The van der Waals surface area contributed by atoms with Gasteiger partial charge in [0.05, 0.1) is 6.42 Å². The smallest absolute Gasteiger partial charge is 0.227 e. The number of aromatic nitrogens is 4. The lowest BCUT2D eigenvalue weighted by molar-refractivity contribution is -0.130. The largest absolute Gasteiger partial charge is 0.352 e. The Morgan fingerprint density at radius 1 is 1.18 bits per heavy atom. The van der Waals surface area contributed by atoms with Crippen LogP contribution >= 0.6 is 9.24 Å². The Kier molecular flexibility index (Phi) is 5.23. The number of benzene rings is 1. The Bertz CT molecular complexity index is 1070. The van der Waals surface area contributed by atoms with E-state index in [1.807, 2.05) is 42.2 Å². The van der Waals surface area contributed by atoms with Crippen molar-refractivity contribution in [1.82, 2.24) is 24.7 Å². The van der Waals surface area contributed by atoms with E-state index in [0.29, 0.717) is 19.5 Å². The lowest BCUT2D eigenvalue weighted by Gasteiger charge is -2.35. The van der Waals surface area contributed by atoms with Crippen molar-refractivity contribution >= 4 is 31.9 Å². The van der Waals surface area contributed by atoms with Crippen LogP contribution in [0.15, 0.2) is 36.7 Å². The number of carbonyl (C=O) groups excluding carboxylic acids is 1. The standard InChI is InChI=1S/C20H21N6OP/c1-2-3-16-12-15(4-5-17(16)28)13-20(27)25-10-8-24(9-11-25)19-7-6-18-22-21-14-26(18)23-19/h4-7,12,14H,8-11,13,28H2,1H3. The second-order valence-corrected chi connectivity index (χ2v) is 7.29. The maximum atomic E-state index is 12.7. The minimum Gasteiger partial charge on any atom is -0.352 e. The molecule has 8 heteroatoms. The molecule has 1 aliphatic heterocycles. The Morgan fingerprint density at radius 3 is 2.79 bits per heavy atom. The summed E-state index contributed by atoms with van der Waals surface area (Å²) in [6.07, 6.45) is 1.99. The first-order valence-corrected chi connectivity index (χ1v) is 9.73. The molecule has 1 atom stereocenters. The van der Waals surface area contributed by atoms with E-state index in [1.54, 1.807) is 10.8 Å². The molecule has 4 rings (SSSR count). The van der Waals surface area contributed by atoms with Crippen LogP contribution in [0, 0.1) is 11.8 Å². The van der Waals surface area contributed by atoms with E-state index in [-0.39, 0.29) is 5.91 Å². The Labute approximate surface area is 165 Å². The zero-order chi connectivity index (χ0) is 19.5. The van der Waals surface area contributed by atoms with Crippen LogP contribution in [0.2, 0.25) is 0 Å². The van der Waals surface area contributed by atoms with E-state index in [9.17, 15) is 4.79 Å². The molecule has 28 heavy (non-hydrogen) atoms. The van der Waals surface area contributed by atoms with Gasteiger partial charge in [-0.15, -0.1) is 30.5 Å². The lowest BCUT2D eigenvalue weighted by Crippen LogP contribution is -2.49. The van der Waals surface area contributed by atoms with Crippen LogP contribution in [0.5, 0.6) is 0 Å². The minimum absolute atomic E-state index is 0.147. The maximum absolute atomic E-state index is 12.7. The number of anilines is 1. The molecule has 0 aliphatic carbocycles. The van der Waals surface area contributed by atoms with E-state index < -0.39 is 0 Å². The molecular formula is C20H21N6OP. The molecule has 0 saturated carbocycles. The van der Waals surface area contributed by atoms with E-state index in [1.165, 1.54) is 0 Å². The SMILES string of the molecule is CC#Cc1cc(CC(=O)N2CCN(c3ccc4nncn4n3)CC2)ccc1P. The van der Waals surface area contributed by atoms with Crippen molar-refractivity contribution in [2.75, 3.05) is 31.1 Å². The summed E-state index contributed by atoms with van der Waals surface area (Å²) in [5, 5.41) is 13.4. The van der Waals surface area contributed by atoms with Gasteiger partial charge in [-0.3, -0.25) is 4.79 Å². The van der Waals surface area contributed by atoms with Gasteiger partial charge >= 0.3 is 0 Å². The predicted molar refractivity (Wildman–Crippen MR) is 112 cm³/mol. The van der Waals surface area contributed by atoms with Crippen molar-refractivity contribution in [2.45, 2.75) is 13.3 Å². The van der Waals surface area contributed by atoms with E-state index in [2.05, 4.69) is 41.3 Å². The van der Waals surface area contributed by atoms with E-state index in [4.69, 9.17) is 0 Å². The monoisotopic (exact) mass is 392 g/mol. The summed E-state index contributed by atoms with van der Waals surface area (Å²) >= 11 is 0. The first-order chi connectivity index (χ1) is 13.6. The van der Waals surface area contributed by atoms with Crippen LogP contribution in [0.4, 0.5) is 5.82 Å². The highest BCUT2D eigenvalue weighted by Gasteiger charge is 2.22. The zero-order valence-corrected chi connectivity index (χ0v) is 16.8. The molecule has 0 spiro atoms. The molecule has 0 bridgehead atoms. The van der Waals surface area contributed by atoms with Crippen LogP contribution in [0.25, 0.3) is 5.65 Å². The molecule has 0 radical (unpaired) electrons. The number of nitrogens with zero attached hydrogens (tertiary/aromatic N) is 6. The number of hydrogen-bond acceptors (Lipinski definition) is 5. The minimum atomic E-state index is 0.147. The molecule has 1 unspecified atom stereocenters. The second kappa shape index (κ2) is 7.95. The van der Waals surface area contributed by atoms with Gasteiger partial charge in [-0.05, 0) is 36.0 Å². The summed E-state index contributed by atoms with van der Waals surface area (Å²) < 4.78 is 1.67. The number of amides is 1. The van der Waals surface area contributed by atoms with Gasteiger partial charge in [-0.25, -0.2) is 0 Å². The topological polar surface area (TPSA) is 66.6 Å². The normalized spacial score (nSPS) is 14.1. The predicted octanol–water partition coefficient (Wildman–Crippen LogP) is 0.887. The van der Waals surface area contributed by atoms with Gasteiger partial charge in [0.25, 0.3) is 0 Å². The highest BCUT2D eigenvalue weighted by atomic mass is 31.0. The third-order valence-corrected chi connectivity index (χ3v) is 5.34. The van der Waals surface area contributed by atoms with Crippen LogP contribution in [-0.4, -0.2) is 56.8 Å². The third-order valence-electron chi connectivity index (χ3n) is 4.84. The summed E-state index contributed by atoms with van der Waals surface area (Å²) in [5.41, 5.74) is 2.68. The summed E-state index contributed by atoms with van der Waals surface area (Å²) in [7, 11) is 2.69. The lowest BCUT2D eigenvalue weighted by atomic mass is 10.1. The van der Waals surface area contributed by atoms with Crippen molar-refractivity contribution in [3.8, 4) is 11.8 Å². The van der Waals surface area contributed by atoms with Crippen molar-refractivity contribution in [3.63, 3.8) is 0 Å². The van der Waals surface area contributed by atoms with Crippen molar-refractivity contribution in [1.29, 1.82) is 0 Å². The molecule has 1 aromatic carbocycles. The molecular weight excluding hydrogens is 371 g/mol. The molecule has 1 amide bonds. The maximum Gasteiger partial charge on any atom is 0.227 e. The number of hydrogen-bond donors (Lipinski definition) is 0.